The molecule has 3 fully saturated rings. The van der Waals surface area contributed by atoms with Crippen LogP contribution in [-0.4, -0.2) is 107 Å². The number of nitrogens with zero attached hydrogens (tertiary/aromatic N) is 4. The van der Waals surface area contributed by atoms with Crippen molar-refractivity contribution in [3.63, 3.8) is 0 Å². The number of alkyl halides is 5. The van der Waals surface area contributed by atoms with Crippen molar-refractivity contribution < 1.29 is 41.4 Å². The van der Waals surface area contributed by atoms with Crippen LogP contribution in [0.1, 0.15) is 48.0 Å². The minimum atomic E-state index is -4.73. The van der Waals surface area contributed by atoms with Gasteiger partial charge in [0.1, 0.15) is 5.41 Å². The second kappa shape index (κ2) is 15.7. The van der Waals surface area contributed by atoms with Gasteiger partial charge < -0.3 is 15.7 Å². The first-order chi connectivity index (χ1) is 25.3. The van der Waals surface area contributed by atoms with E-state index in [1.54, 1.807) is 6.20 Å². The molecule has 282 valence electrons. The minimum Gasteiger partial charge on any atom is -0.481 e. The summed E-state index contributed by atoms with van der Waals surface area (Å²) in [6.45, 7) is 2.42. The number of aryl methyl sites for hydroxylation is 1. The highest BCUT2D eigenvalue weighted by atomic mass is 19.4. The average Bonchev–Trinajstić information content (AvgIpc) is 3.99. The van der Waals surface area contributed by atoms with Crippen molar-refractivity contribution in [1.29, 1.82) is 0 Å². The Morgan fingerprint density at radius 3 is 2.08 bits per heavy atom. The lowest BCUT2D eigenvalue weighted by Crippen LogP contribution is -2.55. The average molecular weight is 740 g/mol. The fourth-order valence-corrected chi connectivity index (χ4v) is 7.50. The first-order valence-electron chi connectivity index (χ1n) is 17.8. The van der Waals surface area contributed by atoms with E-state index in [2.05, 4.69) is 17.0 Å². The van der Waals surface area contributed by atoms with Crippen molar-refractivity contribution in [3.05, 3.63) is 78.0 Å². The van der Waals surface area contributed by atoms with E-state index in [-0.39, 0.29) is 25.4 Å². The maximum Gasteiger partial charge on any atom is 0.403 e. The summed E-state index contributed by atoms with van der Waals surface area (Å²) in [5, 5.41) is 13.1. The van der Waals surface area contributed by atoms with Gasteiger partial charge in [-0.25, -0.2) is 8.78 Å². The van der Waals surface area contributed by atoms with Crippen LogP contribution in [0.25, 0.3) is 32.8 Å². The van der Waals surface area contributed by atoms with E-state index in [0.717, 1.165) is 70.6 Å². The van der Waals surface area contributed by atoms with Gasteiger partial charge in [0.25, 0.3) is 12.3 Å². The van der Waals surface area contributed by atoms with Gasteiger partial charge in [-0.3, -0.25) is 29.2 Å². The number of amides is 2. The third-order valence-electron chi connectivity index (χ3n) is 10.7. The van der Waals surface area contributed by atoms with Gasteiger partial charge in [-0.05, 0) is 66.9 Å². The molecule has 4 aromatic rings. The number of carboxylic acid groups (broad SMARTS) is 1. The zero-order valence-corrected chi connectivity index (χ0v) is 29.1. The molecule has 9 nitrogen and oxygen atoms in total. The highest BCUT2D eigenvalue weighted by Crippen LogP contribution is 2.46. The summed E-state index contributed by atoms with van der Waals surface area (Å²) in [5.41, 5.74) is 5.73. The van der Waals surface area contributed by atoms with E-state index in [0.29, 0.717) is 12.0 Å². The van der Waals surface area contributed by atoms with Gasteiger partial charge in [0, 0.05) is 55.8 Å². The molecular formula is C39H42F5N5O4. The Balaban J connectivity index is 0.000000239. The summed E-state index contributed by atoms with van der Waals surface area (Å²) in [7, 11) is 0. The number of rotatable bonds is 9. The second-order valence-corrected chi connectivity index (χ2v) is 14.0. The molecule has 2 saturated heterocycles. The number of carbonyl (C=O) groups excluding carboxylic acids is 2. The van der Waals surface area contributed by atoms with Crippen LogP contribution < -0.4 is 5.73 Å². The van der Waals surface area contributed by atoms with Crippen molar-refractivity contribution >= 4 is 39.3 Å². The summed E-state index contributed by atoms with van der Waals surface area (Å²) in [6.07, 6.45) is -3.55. The number of fused-ring (bicyclic) bond motifs is 2. The lowest BCUT2D eigenvalue weighted by molar-refractivity contribution is -0.231. The van der Waals surface area contributed by atoms with Crippen molar-refractivity contribution in [2.24, 2.45) is 11.1 Å². The molecule has 0 spiro atoms. The van der Waals surface area contributed by atoms with Crippen LogP contribution >= 0.6 is 0 Å². The van der Waals surface area contributed by atoms with E-state index in [4.69, 9.17) is 15.8 Å². The molecule has 3 aromatic carbocycles. The number of aromatic nitrogens is 1. The van der Waals surface area contributed by atoms with Crippen LogP contribution in [0.4, 0.5) is 22.0 Å². The third kappa shape index (κ3) is 8.28. The lowest BCUT2D eigenvalue weighted by Gasteiger charge is -2.40. The zero-order valence-electron chi connectivity index (χ0n) is 29.1. The van der Waals surface area contributed by atoms with Gasteiger partial charge in [0.2, 0.25) is 5.91 Å². The zero-order chi connectivity index (χ0) is 37.9. The van der Waals surface area contributed by atoms with E-state index in [1.807, 2.05) is 53.4 Å². The Morgan fingerprint density at radius 1 is 0.849 bits per heavy atom. The largest absolute Gasteiger partial charge is 0.481 e. The number of primary amides is 1. The SMILES string of the molecule is NC(=O)C1(C(F)(F)F)CCN(CC(F)F)CC1.O=C(O)CCc1cccc2c(-c3ncc(C(=O)N4CCN(C5CC5)CC4)c4ccccc34)cccc12. The molecule has 1 saturated carbocycles. The molecule has 0 bridgehead atoms. The summed E-state index contributed by atoms with van der Waals surface area (Å²) >= 11 is 0. The molecule has 3 aliphatic rings. The number of piperazine rings is 1. The Bertz CT molecular complexity index is 1970. The number of hydrogen-bond acceptors (Lipinski definition) is 6. The molecule has 0 atom stereocenters. The molecule has 0 unspecified atom stereocenters. The second-order valence-electron chi connectivity index (χ2n) is 14.0. The van der Waals surface area contributed by atoms with Crippen molar-refractivity contribution in [2.75, 3.05) is 45.8 Å². The maximum absolute atomic E-state index is 13.6. The van der Waals surface area contributed by atoms with E-state index in [1.165, 1.54) is 17.7 Å². The van der Waals surface area contributed by atoms with E-state index in [9.17, 15) is 36.3 Å². The van der Waals surface area contributed by atoms with E-state index >= 15 is 0 Å². The Kier molecular flexibility index (Phi) is 11.3. The molecule has 1 aliphatic carbocycles. The first-order valence-corrected chi connectivity index (χ1v) is 17.8. The maximum atomic E-state index is 13.6. The molecule has 53 heavy (non-hydrogen) atoms. The number of carboxylic acids is 1. The Morgan fingerprint density at radius 2 is 1.47 bits per heavy atom. The summed E-state index contributed by atoms with van der Waals surface area (Å²) in [5.74, 6) is -2.18. The van der Waals surface area contributed by atoms with Gasteiger partial charge in [-0.1, -0.05) is 60.7 Å². The number of likely N-dealkylation sites (tertiary alicyclic amines) is 1. The van der Waals surface area contributed by atoms with Crippen LogP contribution in [0.2, 0.25) is 0 Å². The van der Waals surface area contributed by atoms with Crippen molar-refractivity contribution in [1.82, 2.24) is 19.7 Å². The molecule has 2 amide bonds. The number of hydrogen-bond donors (Lipinski definition) is 2. The monoisotopic (exact) mass is 739 g/mol. The fourth-order valence-electron chi connectivity index (χ4n) is 7.50. The number of aliphatic carboxylic acids is 1. The summed E-state index contributed by atoms with van der Waals surface area (Å²) < 4.78 is 62.4. The molecule has 2 aliphatic heterocycles. The summed E-state index contributed by atoms with van der Waals surface area (Å²) in [4.78, 5) is 46.2. The van der Waals surface area contributed by atoms with Gasteiger partial charge in [0.05, 0.1) is 17.8 Å². The molecule has 0 radical (unpaired) electrons. The highest BCUT2D eigenvalue weighted by molar-refractivity contribution is 6.12. The lowest BCUT2D eigenvalue weighted by atomic mass is 9.77. The fraction of sp³-hybridized carbons (Fsp3) is 0.436. The number of piperidine rings is 1. The molecule has 1 aromatic heterocycles. The number of nitrogens with two attached hydrogens (primary N) is 1. The van der Waals surface area contributed by atoms with Crippen molar-refractivity contribution in [3.8, 4) is 11.3 Å². The smallest absolute Gasteiger partial charge is 0.403 e. The normalized spacial score (nSPS) is 18.2. The quantitative estimate of drug-likeness (QED) is 0.192. The number of carbonyl (C=O) groups is 3. The number of pyridine rings is 1. The van der Waals surface area contributed by atoms with Crippen LogP contribution in [0.5, 0.6) is 0 Å². The van der Waals surface area contributed by atoms with Crippen LogP contribution in [-0.2, 0) is 16.0 Å². The third-order valence-corrected chi connectivity index (χ3v) is 10.7. The van der Waals surface area contributed by atoms with Crippen molar-refractivity contribution in [2.45, 2.75) is 57.2 Å². The topological polar surface area (TPSA) is 120 Å². The highest BCUT2D eigenvalue weighted by Gasteiger charge is 2.60. The van der Waals surface area contributed by atoms with Gasteiger partial charge >= 0.3 is 12.1 Å². The Labute approximate surface area is 303 Å². The number of halogens is 5. The molecule has 7 rings (SSSR count). The van der Waals surface area contributed by atoms with Crippen LogP contribution in [0.3, 0.4) is 0 Å². The summed E-state index contributed by atoms with van der Waals surface area (Å²) in [6, 6.07) is 20.9. The molecular weight excluding hydrogens is 697 g/mol. The number of benzene rings is 3. The predicted octanol–water partition coefficient (Wildman–Crippen LogP) is 6.37. The molecule has 3 N–H and O–H groups in total. The predicted molar refractivity (Wildman–Crippen MR) is 191 cm³/mol. The van der Waals surface area contributed by atoms with Crippen LogP contribution in [0, 0.1) is 5.41 Å². The standard InChI is InChI=1S/C30H29N3O3.C9H13F5N2O/c34-28(35)14-11-20-5-3-9-23-22(20)8-4-10-26(23)29-25-7-2-1-6-24(25)27(19-31-29)30(36)33-17-15-32(16-18-33)21-12-13-21;10-6(11)5-16-3-1-8(2-4-16,7(15)17)9(12,13)14/h1-10,19,21H,11-18H2,(H,34,35);6H,1-5H2,(H2,15,17). The first kappa shape index (κ1) is 38.0. The minimum absolute atomic E-state index is 0.0505. The van der Waals surface area contributed by atoms with Gasteiger partial charge in [-0.15, -0.1) is 0 Å². The van der Waals surface area contributed by atoms with Gasteiger partial charge in [-0.2, -0.15) is 13.2 Å². The molecule has 3 heterocycles. The van der Waals surface area contributed by atoms with E-state index < -0.39 is 49.3 Å². The molecule has 14 heteroatoms. The van der Waals surface area contributed by atoms with Crippen LogP contribution in [0.15, 0.2) is 66.9 Å². The Hall–Kier alpha value is -4.69. The van der Waals surface area contributed by atoms with Gasteiger partial charge in [0.15, 0.2) is 0 Å².